The molecule has 1 atom stereocenters. The van der Waals surface area contributed by atoms with Gasteiger partial charge in [0.15, 0.2) is 17.5 Å². The Balaban J connectivity index is 2.11. The Morgan fingerprint density at radius 3 is 2.28 bits per heavy atom. The number of hydrogen-bond donors (Lipinski definition) is 2. The number of aliphatic imine (C=N–C) groups is 1. The van der Waals surface area contributed by atoms with Gasteiger partial charge in [-0.2, -0.15) is 0 Å². The number of guanidine groups is 1. The first kappa shape index (κ1) is 22.6. The second-order valence-corrected chi connectivity index (χ2v) is 7.16. The van der Waals surface area contributed by atoms with Crippen LogP contribution in [-0.2, 0) is 6.54 Å². The van der Waals surface area contributed by atoms with Crippen LogP contribution in [0.2, 0.25) is 0 Å². The average molecular weight is 399 g/mol. The van der Waals surface area contributed by atoms with Gasteiger partial charge in [0.25, 0.3) is 0 Å². The van der Waals surface area contributed by atoms with E-state index in [0.717, 1.165) is 29.6 Å². The molecule has 2 N–H and O–H groups in total. The van der Waals surface area contributed by atoms with Gasteiger partial charge in [-0.1, -0.05) is 35.9 Å². The smallest absolute Gasteiger partial charge is 0.191 e. The molecule has 0 radical (unpaired) electrons. The van der Waals surface area contributed by atoms with Crippen molar-refractivity contribution in [1.29, 1.82) is 0 Å². The van der Waals surface area contributed by atoms with Crippen LogP contribution < -0.4 is 20.1 Å². The van der Waals surface area contributed by atoms with Gasteiger partial charge in [0.2, 0.25) is 0 Å². The predicted octanol–water partition coefficient (Wildman–Crippen LogP) is 3.37. The molecule has 0 aliphatic rings. The SMILES string of the molecule is CCNC(=NCc1ccc(C)cc1)NCC(c1ccc(OC)c(OC)c1)N(C)C. The summed E-state index contributed by atoms with van der Waals surface area (Å²) in [5, 5.41) is 6.80. The molecule has 0 aromatic heterocycles. The van der Waals surface area contributed by atoms with E-state index in [1.165, 1.54) is 11.1 Å². The Labute approximate surface area is 174 Å². The lowest BCUT2D eigenvalue weighted by Gasteiger charge is -2.26. The van der Waals surface area contributed by atoms with E-state index >= 15 is 0 Å². The van der Waals surface area contributed by atoms with Crippen LogP contribution in [0, 0.1) is 6.92 Å². The van der Waals surface area contributed by atoms with Crippen LogP contribution in [0.3, 0.4) is 0 Å². The minimum atomic E-state index is 0.151. The highest BCUT2D eigenvalue weighted by molar-refractivity contribution is 5.79. The van der Waals surface area contributed by atoms with E-state index in [1.807, 2.05) is 12.1 Å². The summed E-state index contributed by atoms with van der Waals surface area (Å²) >= 11 is 0. The molecule has 2 rings (SSSR count). The third-order valence-corrected chi connectivity index (χ3v) is 4.76. The first-order valence-corrected chi connectivity index (χ1v) is 9.94. The normalized spacial score (nSPS) is 12.6. The monoisotopic (exact) mass is 398 g/mol. The van der Waals surface area contributed by atoms with E-state index in [1.54, 1.807) is 14.2 Å². The van der Waals surface area contributed by atoms with Crippen LogP contribution in [0.4, 0.5) is 0 Å². The number of rotatable bonds is 9. The molecule has 1 unspecified atom stereocenters. The molecule has 0 saturated carbocycles. The molecule has 2 aromatic rings. The summed E-state index contributed by atoms with van der Waals surface area (Å²) in [6.45, 7) is 6.32. The molecule has 158 valence electrons. The average Bonchev–Trinajstić information content (AvgIpc) is 2.72. The van der Waals surface area contributed by atoms with Crippen LogP contribution in [-0.4, -0.2) is 52.3 Å². The molecule has 0 spiro atoms. The number of methoxy groups -OCH3 is 2. The van der Waals surface area contributed by atoms with Crippen molar-refractivity contribution in [3.05, 3.63) is 59.2 Å². The van der Waals surface area contributed by atoms with E-state index in [4.69, 9.17) is 14.5 Å². The van der Waals surface area contributed by atoms with Gasteiger partial charge in [-0.25, -0.2) is 4.99 Å². The Morgan fingerprint density at radius 2 is 1.69 bits per heavy atom. The van der Waals surface area contributed by atoms with Crippen molar-refractivity contribution in [3.8, 4) is 11.5 Å². The first-order chi connectivity index (χ1) is 14.0. The highest BCUT2D eigenvalue weighted by Crippen LogP contribution is 2.31. The number of ether oxygens (including phenoxy) is 2. The summed E-state index contributed by atoms with van der Waals surface area (Å²) in [5.74, 6) is 2.27. The van der Waals surface area contributed by atoms with Gasteiger partial charge in [-0.15, -0.1) is 0 Å². The molecule has 0 saturated heterocycles. The van der Waals surface area contributed by atoms with Crippen molar-refractivity contribution in [2.45, 2.75) is 26.4 Å². The number of benzene rings is 2. The number of aryl methyl sites for hydroxylation is 1. The Bertz CT molecular complexity index is 788. The molecule has 29 heavy (non-hydrogen) atoms. The zero-order chi connectivity index (χ0) is 21.2. The van der Waals surface area contributed by atoms with E-state index < -0.39 is 0 Å². The first-order valence-electron chi connectivity index (χ1n) is 9.94. The van der Waals surface area contributed by atoms with Gasteiger partial charge in [0, 0.05) is 13.1 Å². The molecule has 6 heteroatoms. The third-order valence-electron chi connectivity index (χ3n) is 4.76. The fraction of sp³-hybridized carbons (Fsp3) is 0.435. The maximum Gasteiger partial charge on any atom is 0.191 e. The van der Waals surface area contributed by atoms with Crippen LogP contribution in [0.15, 0.2) is 47.5 Å². The summed E-state index contributed by atoms with van der Waals surface area (Å²) in [4.78, 5) is 6.91. The van der Waals surface area contributed by atoms with Crippen molar-refractivity contribution >= 4 is 5.96 Å². The van der Waals surface area contributed by atoms with Crippen LogP contribution >= 0.6 is 0 Å². The summed E-state index contributed by atoms with van der Waals surface area (Å²) in [6, 6.07) is 14.7. The second kappa shape index (κ2) is 11.3. The summed E-state index contributed by atoms with van der Waals surface area (Å²) in [5.41, 5.74) is 3.60. The minimum Gasteiger partial charge on any atom is -0.493 e. The standard InChI is InChI=1S/C23H34N4O2/c1-7-24-23(25-15-18-10-8-17(2)9-11-18)26-16-20(27(3)4)19-12-13-21(28-5)22(14-19)29-6/h8-14,20H,7,15-16H2,1-6H3,(H2,24,25,26). The van der Waals surface area contributed by atoms with Crippen LogP contribution in [0.1, 0.15) is 29.7 Å². The Hall–Kier alpha value is -2.73. The fourth-order valence-corrected chi connectivity index (χ4v) is 3.06. The fourth-order valence-electron chi connectivity index (χ4n) is 3.06. The predicted molar refractivity (Wildman–Crippen MR) is 120 cm³/mol. The van der Waals surface area contributed by atoms with E-state index in [9.17, 15) is 0 Å². The topological polar surface area (TPSA) is 58.1 Å². The van der Waals surface area contributed by atoms with Crippen molar-refractivity contribution < 1.29 is 9.47 Å². The molecule has 0 aliphatic heterocycles. The van der Waals surface area contributed by atoms with E-state index in [-0.39, 0.29) is 6.04 Å². The van der Waals surface area contributed by atoms with Crippen molar-refractivity contribution in [2.24, 2.45) is 4.99 Å². The highest BCUT2D eigenvalue weighted by Gasteiger charge is 2.17. The summed E-state index contributed by atoms with van der Waals surface area (Å²) in [6.07, 6.45) is 0. The maximum absolute atomic E-state index is 5.47. The van der Waals surface area contributed by atoms with E-state index in [2.05, 4.69) is 73.8 Å². The van der Waals surface area contributed by atoms with Gasteiger partial charge in [-0.05, 0) is 51.2 Å². The molecular weight excluding hydrogens is 364 g/mol. The zero-order valence-corrected chi connectivity index (χ0v) is 18.5. The van der Waals surface area contributed by atoms with Crippen LogP contribution in [0.25, 0.3) is 0 Å². The minimum absolute atomic E-state index is 0.151. The zero-order valence-electron chi connectivity index (χ0n) is 18.5. The molecule has 0 heterocycles. The molecule has 0 amide bonds. The van der Waals surface area contributed by atoms with Crippen molar-refractivity contribution in [1.82, 2.24) is 15.5 Å². The Morgan fingerprint density at radius 1 is 1.00 bits per heavy atom. The van der Waals surface area contributed by atoms with Gasteiger partial charge < -0.3 is 25.0 Å². The molecular formula is C23H34N4O2. The summed E-state index contributed by atoms with van der Waals surface area (Å²) in [7, 11) is 7.44. The summed E-state index contributed by atoms with van der Waals surface area (Å²) < 4.78 is 10.8. The third kappa shape index (κ3) is 6.68. The number of hydrogen-bond acceptors (Lipinski definition) is 4. The molecule has 0 aliphatic carbocycles. The van der Waals surface area contributed by atoms with Crippen molar-refractivity contribution in [3.63, 3.8) is 0 Å². The van der Waals surface area contributed by atoms with Gasteiger partial charge >= 0.3 is 0 Å². The van der Waals surface area contributed by atoms with Gasteiger partial charge in [-0.3, -0.25) is 0 Å². The van der Waals surface area contributed by atoms with E-state index in [0.29, 0.717) is 13.1 Å². The number of likely N-dealkylation sites (N-methyl/N-ethyl adjacent to an activating group) is 1. The van der Waals surface area contributed by atoms with Crippen LogP contribution in [0.5, 0.6) is 11.5 Å². The lowest BCUT2D eigenvalue weighted by molar-refractivity contribution is 0.295. The molecule has 0 fully saturated rings. The maximum atomic E-state index is 5.47. The van der Waals surface area contributed by atoms with Crippen molar-refractivity contribution in [2.75, 3.05) is 41.4 Å². The molecule has 0 bridgehead atoms. The quantitative estimate of drug-likeness (QED) is 0.501. The van der Waals surface area contributed by atoms with Gasteiger partial charge in [0.05, 0.1) is 26.8 Å². The highest BCUT2D eigenvalue weighted by atomic mass is 16.5. The second-order valence-electron chi connectivity index (χ2n) is 7.16. The lowest BCUT2D eigenvalue weighted by atomic mass is 10.1. The number of nitrogens with zero attached hydrogens (tertiary/aromatic N) is 2. The number of nitrogens with one attached hydrogen (secondary N) is 2. The molecule has 2 aromatic carbocycles. The molecule has 6 nitrogen and oxygen atoms in total. The van der Waals surface area contributed by atoms with Gasteiger partial charge in [0.1, 0.15) is 0 Å². The Kier molecular flexibility index (Phi) is 8.80. The lowest BCUT2D eigenvalue weighted by Crippen LogP contribution is -2.41. The largest absolute Gasteiger partial charge is 0.493 e.